The predicted octanol–water partition coefficient (Wildman–Crippen LogP) is 1.46. The first kappa shape index (κ1) is 20.3. The van der Waals surface area contributed by atoms with Crippen LogP contribution in [0.5, 0.6) is 5.75 Å². The Kier molecular flexibility index (Phi) is 5.05. The fourth-order valence-corrected chi connectivity index (χ4v) is 3.65. The molecule has 0 aliphatic heterocycles. The van der Waals surface area contributed by atoms with Crippen LogP contribution < -0.4 is 16.2 Å². The molecule has 0 radical (unpaired) electrons. The Labute approximate surface area is 177 Å². The Morgan fingerprint density at radius 1 is 1.13 bits per heavy atom. The minimum Gasteiger partial charge on any atom is -0.507 e. The van der Waals surface area contributed by atoms with E-state index in [2.05, 4.69) is 15.3 Å². The van der Waals surface area contributed by atoms with E-state index in [0.29, 0.717) is 29.3 Å². The lowest BCUT2D eigenvalue weighted by Gasteiger charge is -2.09. The van der Waals surface area contributed by atoms with Gasteiger partial charge in [0, 0.05) is 24.5 Å². The van der Waals surface area contributed by atoms with Crippen LogP contribution in [0.1, 0.15) is 15.9 Å². The van der Waals surface area contributed by atoms with E-state index in [1.54, 1.807) is 41.2 Å². The molecule has 11 heteroatoms. The predicted molar refractivity (Wildman–Crippen MR) is 114 cm³/mol. The second-order valence-electron chi connectivity index (χ2n) is 6.75. The van der Waals surface area contributed by atoms with Crippen LogP contribution in [0.15, 0.2) is 66.0 Å². The molecule has 0 bridgehead atoms. The molecule has 2 aromatic carbocycles. The highest BCUT2D eigenvalue weighted by Gasteiger charge is 2.14. The highest BCUT2D eigenvalue weighted by Crippen LogP contribution is 2.28. The molecule has 0 unspecified atom stereocenters. The van der Waals surface area contributed by atoms with Crippen molar-refractivity contribution in [3.8, 4) is 17.0 Å². The number of carbonyl (C=O) groups is 1. The zero-order valence-electron chi connectivity index (χ0n) is 16.1. The van der Waals surface area contributed by atoms with Crippen LogP contribution in [0.4, 0.5) is 5.82 Å². The molecule has 10 nitrogen and oxygen atoms in total. The summed E-state index contributed by atoms with van der Waals surface area (Å²) in [7, 11) is -3.74. The molecule has 6 N–H and O–H groups in total. The molecule has 4 rings (SSSR count). The summed E-state index contributed by atoms with van der Waals surface area (Å²) in [5, 5.41) is 18.1. The van der Waals surface area contributed by atoms with Crippen molar-refractivity contribution in [2.75, 3.05) is 5.32 Å². The number of nitrogens with one attached hydrogen (secondary N) is 1. The van der Waals surface area contributed by atoms with Crippen LogP contribution in [0, 0.1) is 0 Å². The fourth-order valence-electron chi connectivity index (χ4n) is 3.13. The van der Waals surface area contributed by atoms with E-state index in [-0.39, 0.29) is 16.2 Å². The van der Waals surface area contributed by atoms with Crippen LogP contribution in [0.25, 0.3) is 16.9 Å². The maximum absolute atomic E-state index is 11.5. The van der Waals surface area contributed by atoms with Gasteiger partial charge in [-0.25, -0.2) is 23.5 Å². The number of sulfonamides is 1. The maximum Gasteiger partial charge on any atom is 0.252 e. The van der Waals surface area contributed by atoms with Gasteiger partial charge in [-0.2, -0.15) is 0 Å². The topological polar surface area (TPSA) is 166 Å². The van der Waals surface area contributed by atoms with Crippen molar-refractivity contribution in [1.29, 1.82) is 0 Å². The molecule has 0 atom stereocenters. The van der Waals surface area contributed by atoms with Crippen molar-refractivity contribution < 1.29 is 18.3 Å². The smallest absolute Gasteiger partial charge is 0.252 e. The SMILES string of the molecule is NC(=O)c1cc(-c2cnc3c(NCc4ccc(S(N)(=O)=O)cc4)nccn23)ccc1O. The number of carbonyl (C=O) groups excluding carboxylic acids is 1. The van der Waals surface area contributed by atoms with Gasteiger partial charge in [-0.3, -0.25) is 9.20 Å². The Morgan fingerprint density at radius 2 is 1.87 bits per heavy atom. The summed E-state index contributed by atoms with van der Waals surface area (Å²) in [4.78, 5) is 20.3. The van der Waals surface area contributed by atoms with Gasteiger partial charge in [-0.05, 0) is 35.9 Å². The largest absolute Gasteiger partial charge is 0.507 e. The molecule has 4 aromatic rings. The number of rotatable bonds is 6. The second-order valence-corrected chi connectivity index (χ2v) is 8.31. The zero-order chi connectivity index (χ0) is 22.2. The molecule has 0 saturated carbocycles. The average Bonchev–Trinajstić information content (AvgIpc) is 3.17. The van der Waals surface area contributed by atoms with E-state index in [0.717, 1.165) is 5.56 Å². The third-order valence-corrected chi connectivity index (χ3v) is 5.63. The first-order valence-electron chi connectivity index (χ1n) is 9.05. The summed E-state index contributed by atoms with van der Waals surface area (Å²) >= 11 is 0. The van der Waals surface area contributed by atoms with Crippen molar-refractivity contribution in [3.05, 3.63) is 72.2 Å². The van der Waals surface area contributed by atoms with E-state index < -0.39 is 15.9 Å². The molecule has 2 aromatic heterocycles. The minimum atomic E-state index is -3.74. The number of hydrogen-bond donors (Lipinski definition) is 4. The third kappa shape index (κ3) is 4.04. The van der Waals surface area contributed by atoms with Gasteiger partial charge in [0.25, 0.3) is 5.91 Å². The summed E-state index contributed by atoms with van der Waals surface area (Å²) < 4.78 is 24.5. The third-order valence-electron chi connectivity index (χ3n) is 4.70. The van der Waals surface area contributed by atoms with E-state index in [4.69, 9.17) is 10.9 Å². The summed E-state index contributed by atoms with van der Waals surface area (Å²) in [6.07, 6.45) is 4.95. The van der Waals surface area contributed by atoms with Gasteiger partial charge in [-0.1, -0.05) is 12.1 Å². The molecule has 0 spiro atoms. The molecule has 1 amide bonds. The van der Waals surface area contributed by atoms with Crippen molar-refractivity contribution >= 4 is 27.4 Å². The first-order chi connectivity index (χ1) is 14.7. The van der Waals surface area contributed by atoms with Crippen LogP contribution >= 0.6 is 0 Å². The lowest BCUT2D eigenvalue weighted by Crippen LogP contribution is -2.12. The molecular formula is C20H18N6O4S. The fraction of sp³-hybridized carbons (Fsp3) is 0.0500. The second kappa shape index (κ2) is 7.70. The maximum atomic E-state index is 11.5. The number of hydrogen-bond acceptors (Lipinski definition) is 7. The Morgan fingerprint density at radius 3 is 2.55 bits per heavy atom. The first-order valence-corrected chi connectivity index (χ1v) is 10.6. The zero-order valence-corrected chi connectivity index (χ0v) is 16.9. The normalized spacial score (nSPS) is 11.5. The Hall–Kier alpha value is -3.96. The number of fused-ring (bicyclic) bond motifs is 1. The van der Waals surface area contributed by atoms with Gasteiger partial charge in [0.2, 0.25) is 10.0 Å². The number of amides is 1. The number of imidazole rings is 1. The quantitative estimate of drug-likeness (QED) is 0.354. The summed E-state index contributed by atoms with van der Waals surface area (Å²) in [5.41, 5.74) is 8.04. The monoisotopic (exact) mass is 438 g/mol. The highest BCUT2D eigenvalue weighted by atomic mass is 32.2. The number of nitrogens with two attached hydrogens (primary N) is 2. The summed E-state index contributed by atoms with van der Waals surface area (Å²) in [6, 6.07) is 10.8. The lowest BCUT2D eigenvalue weighted by molar-refractivity contribution is 0.0998. The number of phenols is 1. The van der Waals surface area contributed by atoms with E-state index in [9.17, 15) is 18.3 Å². The van der Waals surface area contributed by atoms with Crippen LogP contribution in [-0.2, 0) is 16.6 Å². The van der Waals surface area contributed by atoms with Gasteiger partial charge >= 0.3 is 0 Å². The Bertz CT molecular complexity index is 1400. The van der Waals surface area contributed by atoms with Crippen molar-refractivity contribution in [2.45, 2.75) is 11.4 Å². The minimum absolute atomic E-state index is 0.0165. The lowest BCUT2D eigenvalue weighted by atomic mass is 10.1. The number of primary sulfonamides is 1. The molecular weight excluding hydrogens is 420 g/mol. The number of benzene rings is 2. The molecule has 2 heterocycles. The van der Waals surface area contributed by atoms with Crippen molar-refractivity contribution in [2.24, 2.45) is 10.9 Å². The standard InChI is InChI=1S/C20H18N6O4S/c21-18(28)15-9-13(3-6-17(15)27)16-11-25-20-19(23-7-8-26(16)20)24-10-12-1-4-14(5-2-12)31(22,29)30/h1-9,11,27H,10H2,(H2,21,28)(H,23,24)(H2,22,29,30). The van der Waals surface area contributed by atoms with E-state index in [1.165, 1.54) is 24.3 Å². The van der Waals surface area contributed by atoms with E-state index in [1.807, 2.05) is 0 Å². The van der Waals surface area contributed by atoms with Gasteiger partial charge in [0.1, 0.15) is 5.75 Å². The van der Waals surface area contributed by atoms with Crippen LogP contribution in [0.2, 0.25) is 0 Å². The highest BCUT2D eigenvalue weighted by molar-refractivity contribution is 7.89. The molecule has 0 aliphatic rings. The van der Waals surface area contributed by atoms with Gasteiger partial charge in [-0.15, -0.1) is 0 Å². The summed E-state index contributed by atoms with van der Waals surface area (Å²) in [6.45, 7) is 0.380. The number of aromatic nitrogens is 3. The van der Waals surface area contributed by atoms with Gasteiger partial charge < -0.3 is 16.2 Å². The van der Waals surface area contributed by atoms with E-state index >= 15 is 0 Å². The summed E-state index contributed by atoms with van der Waals surface area (Å²) in [5.74, 6) is -0.411. The number of anilines is 1. The number of aromatic hydroxyl groups is 1. The van der Waals surface area contributed by atoms with Gasteiger partial charge in [0.15, 0.2) is 11.5 Å². The average molecular weight is 438 g/mol. The van der Waals surface area contributed by atoms with Crippen LogP contribution in [0.3, 0.4) is 0 Å². The molecule has 158 valence electrons. The van der Waals surface area contributed by atoms with Crippen molar-refractivity contribution in [3.63, 3.8) is 0 Å². The van der Waals surface area contributed by atoms with Crippen LogP contribution in [-0.4, -0.2) is 33.8 Å². The molecule has 31 heavy (non-hydrogen) atoms. The van der Waals surface area contributed by atoms with Gasteiger partial charge in [0.05, 0.1) is 22.3 Å². The molecule has 0 aliphatic carbocycles. The van der Waals surface area contributed by atoms with Crippen molar-refractivity contribution in [1.82, 2.24) is 14.4 Å². The number of primary amides is 1. The molecule has 0 fully saturated rings. The molecule has 0 saturated heterocycles. The Balaban J connectivity index is 1.62. The number of nitrogens with zero attached hydrogens (tertiary/aromatic N) is 3.